The van der Waals surface area contributed by atoms with Crippen LogP contribution in [0.1, 0.15) is 12.5 Å². The fraction of sp³-hybridized carbons (Fsp3) is 0.400. The summed E-state index contributed by atoms with van der Waals surface area (Å²) in [6, 6.07) is 7.95. The molecule has 0 unspecified atom stereocenters. The van der Waals surface area contributed by atoms with Crippen LogP contribution in [0, 0.1) is 0 Å². The zero-order chi connectivity index (χ0) is 8.55. The first-order chi connectivity index (χ1) is 5.75. The second kappa shape index (κ2) is 3.08. The molecule has 0 bridgehead atoms. The van der Waals surface area contributed by atoms with E-state index in [1.165, 1.54) is 5.56 Å². The lowest BCUT2D eigenvalue weighted by Gasteiger charge is -1.96. The highest BCUT2D eigenvalue weighted by Gasteiger charge is 2.33. The van der Waals surface area contributed by atoms with Gasteiger partial charge >= 0.3 is 0 Å². The molecule has 0 saturated carbocycles. The maximum Gasteiger partial charge on any atom is 0.0879 e. The highest BCUT2D eigenvalue weighted by Crippen LogP contribution is 2.25. The first kappa shape index (κ1) is 8.09. The maximum atomic E-state index is 5.76. The van der Waals surface area contributed by atoms with E-state index in [2.05, 4.69) is 19.1 Å². The van der Waals surface area contributed by atoms with E-state index in [-0.39, 0.29) is 0 Å². The zero-order valence-electron chi connectivity index (χ0n) is 6.96. The van der Waals surface area contributed by atoms with Crippen molar-refractivity contribution in [1.29, 1.82) is 0 Å². The van der Waals surface area contributed by atoms with Gasteiger partial charge in [-0.05, 0) is 24.6 Å². The molecule has 1 saturated heterocycles. The molecule has 0 aliphatic carbocycles. The Morgan fingerprint density at radius 2 is 1.92 bits per heavy atom. The Balaban J connectivity index is 2.00. The Kier molecular flexibility index (Phi) is 2.07. The summed E-state index contributed by atoms with van der Waals surface area (Å²) in [5, 5.41) is 0.795. The lowest BCUT2D eigenvalue weighted by Crippen LogP contribution is -1.95. The Labute approximate surface area is 77.3 Å². The van der Waals surface area contributed by atoms with Crippen molar-refractivity contribution < 1.29 is 4.74 Å². The van der Waals surface area contributed by atoms with E-state index in [4.69, 9.17) is 16.3 Å². The summed E-state index contributed by atoms with van der Waals surface area (Å²) in [6.07, 6.45) is 1.89. The standard InChI is InChI=1S/C10H11ClO/c1-7-10(12-7)6-8-2-4-9(11)5-3-8/h2-5,7,10H,6H2,1H3/t7-,10+/m0/s1. The summed E-state index contributed by atoms with van der Waals surface area (Å²) in [5.41, 5.74) is 1.30. The topological polar surface area (TPSA) is 12.5 Å². The lowest BCUT2D eigenvalue weighted by atomic mass is 10.1. The monoisotopic (exact) mass is 182 g/mol. The molecule has 2 rings (SSSR count). The maximum absolute atomic E-state index is 5.76. The fourth-order valence-electron chi connectivity index (χ4n) is 1.30. The minimum absolute atomic E-state index is 0.436. The van der Waals surface area contributed by atoms with Crippen LogP contribution in [0.3, 0.4) is 0 Å². The number of halogens is 1. The van der Waals surface area contributed by atoms with Crippen LogP contribution < -0.4 is 0 Å². The first-order valence-corrected chi connectivity index (χ1v) is 4.53. The van der Waals surface area contributed by atoms with Crippen molar-refractivity contribution in [2.75, 3.05) is 0 Å². The van der Waals surface area contributed by atoms with Gasteiger partial charge in [0.1, 0.15) is 0 Å². The van der Waals surface area contributed by atoms with Crippen LogP contribution >= 0.6 is 11.6 Å². The van der Waals surface area contributed by atoms with Crippen molar-refractivity contribution in [2.45, 2.75) is 25.6 Å². The molecule has 1 nitrogen and oxygen atoms in total. The second-order valence-corrected chi connectivity index (χ2v) is 3.65. The third kappa shape index (κ3) is 1.79. The third-order valence-corrected chi connectivity index (χ3v) is 2.44. The minimum atomic E-state index is 0.436. The second-order valence-electron chi connectivity index (χ2n) is 3.21. The van der Waals surface area contributed by atoms with Gasteiger partial charge in [0.05, 0.1) is 12.2 Å². The number of rotatable bonds is 2. The van der Waals surface area contributed by atoms with Crippen LogP contribution in [-0.4, -0.2) is 12.2 Å². The third-order valence-electron chi connectivity index (χ3n) is 2.19. The average molecular weight is 183 g/mol. The van der Waals surface area contributed by atoms with E-state index in [0.29, 0.717) is 12.2 Å². The smallest absolute Gasteiger partial charge is 0.0879 e. The van der Waals surface area contributed by atoms with Crippen molar-refractivity contribution in [1.82, 2.24) is 0 Å². The molecule has 2 heteroatoms. The lowest BCUT2D eigenvalue weighted by molar-refractivity contribution is 0.378. The molecule has 0 N–H and O–H groups in total. The predicted octanol–water partition coefficient (Wildman–Crippen LogP) is 2.67. The number of hydrogen-bond acceptors (Lipinski definition) is 1. The Hall–Kier alpha value is -0.530. The molecule has 0 aromatic heterocycles. The van der Waals surface area contributed by atoms with E-state index in [9.17, 15) is 0 Å². The van der Waals surface area contributed by atoms with E-state index in [1.807, 2.05) is 12.1 Å². The van der Waals surface area contributed by atoms with E-state index < -0.39 is 0 Å². The molecule has 1 heterocycles. The van der Waals surface area contributed by atoms with Crippen LogP contribution in [0.25, 0.3) is 0 Å². The van der Waals surface area contributed by atoms with Crippen LogP contribution in [-0.2, 0) is 11.2 Å². The number of hydrogen-bond donors (Lipinski definition) is 0. The summed E-state index contributed by atoms with van der Waals surface area (Å²) in [6.45, 7) is 2.10. The summed E-state index contributed by atoms with van der Waals surface area (Å²) in [7, 11) is 0. The van der Waals surface area contributed by atoms with Crippen molar-refractivity contribution in [3.8, 4) is 0 Å². The molecule has 1 aromatic rings. The Morgan fingerprint density at radius 1 is 1.33 bits per heavy atom. The summed E-state index contributed by atoms with van der Waals surface area (Å²) >= 11 is 5.76. The SMILES string of the molecule is C[C@@H]1O[C@@H]1Cc1ccc(Cl)cc1. The molecule has 12 heavy (non-hydrogen) atoms. The van der Waals surface area contributed by atoms with Crippen LogP contribution in [0.5, 0.6) is 0 Å². The molecule has 0 amide bonds. The van der Waals surface area contributed by atoms with Crippen molar-refractivity contribution >= 4 is 11.6 Å². The minimum Gasteiger partial charge on any atom is -0.370 e. The normalized spacial score (nSPS) is 27.2. The zero-order valence-corrected chi connectivity index (χ0v) is 7.71. The van der Waals surface area contributed by atoms with Gasteiger partial charge in [0.15, 0.2) is 0 Å². The van der Waals surface area contributed by atoms with Crippen LogP contribution in [0.4, 0.5) is 0 Å². The number of epoxide rings is 1. The fourth-order valence-corrected chi connectivity index (χ4v) is 1.42. The summed E-state index contributed by atoms with van der Waals surface area (Å²) in [4.78, 5) is 0. The van der Waals surface area contributed by atoms with Crippen molar-refractivity contribution in [2.24, 2.45) is 0 Å². The Bertz CT molecular complexity index is 268. The van der Waals surface area contributed by atoms with Gasteiger partial charge in [0, 0.05) is 11.4 Å². The van der Waals surface area contributed by atoms with E-state index in [0.717, 1.165) is 11.4 Å². The highest BCUT2D eigenvalue weighted by molar-refractivity contribution is 6.30. The van der Waals surface area contributed by atoms with Gasteiger partial charge in [-0.2, -0.15) is 0 Å². The van der Waals surface area contributed by atoms with Gasteiger partial charge in [0.2, 0.25) is 0 Å². The molecule has 0 spiro atoms. The van der Waals surface area contributed by atoms with Gasteiger partial charge in [-0.3, -0.25) is 0 Å². The van der Waals surface area contributed by atoms with Gasteiger partial charge in [-0.1, -0.05) is 23.7 Å². The average Bonchev–Trinajstić information content (AvgIpc) is 2.72. The molecular weight excluding hydrogens is 172 g/mol. The van der Waals surface area contributed by atoms with Gasteiger partial charge in [-0.25, -0.2) is 0 Å². The molecule has 1 aliphatic rings. The molecule has 1 aliphatic heterocycles. The van der Waals surface area contributed by atoms with E-state index in [1.54, 1.807) is 0 Å². The molecular formula is C10H11ClO. The van der Waals surface area contributed by atoms with Gasteiger partial charge in [-0.15, -0.1) is 0 Å². The molecule has 64 valence electrons. The van der Waals surface area contributed by atoms with Gasteiger partial charge in [0.25, 0.3) is 0 Å². The number of ether oxygens (including phenoxy) is 1. The predicted molar refractivity (Wildman–Crippen MR) is 49.5 cm³/mol. The van der Waals surface area contributed by atoms with Crippen molar-refractivity contribution in [3.05, 3.63) is 34.9 Å². The van der Waals surface area contributed by atoms with Crippen LogP contribution in [0.15, 0.2) is 24.3 Å². The van der Waals surface area contributed by atoms with Crippen molar-refractivity contribution in [3.63, 3.8) is 0 Å². The van der Waals surface area contributed by atoms with Gasteiger partial charge < -0.3 is 4.74 Å². The largest absolute Gasteiger partial charge is 0.370 e. The first-order valence-electron chi connectivity index (χ1n) is 4.15. The quantitative estimate of drug-likeness (QED) is 0.641. The molecule has 1 aromatic carbocycles. The summed E-state index contributed by atoms with van der Waals surface area (Å²) in [5.74, 6) is 0. The number of benzene rings is 1. The Morgan fingerprint density at radius 3 is 2.42 bits per heavy atom. The summed E-state index contributed by atoms with van der Waals surface area (Å²) < 4.78 is 5.32. The molecule has 0 radical (unpaired) electrons. The highest BCUT2D eigenvalue weighted by atomic mass is 35.5. The molecule has 2 atom stereocenters. The van der Waals surface area contributed by atoms with E-state index >= 15 is 0 Å². The van der Waals surface area contributed by atoms with Crippen LogP contribution in [0.2, 0.25) is 5.02 Å². The molecule has 1 fully saturated rings.